The highest BCUT2D eigenvalue weighted by molar-refractivity contribution is 7.91. The number of rotatable bonds is 4. The second kappa shape index (κ2) is 4.26. The van der Waals surface area contributed by atoms with E-state index in [0.717, 1.165) is 6.92 Å². The Kier molecular flexibility index (Phi) is 4.32. The van der Waals surface area contributed by atoms with Gasteiger partial charge in [0, 0.05) is 6.92 Å². The summed E-state index contributed by atoms with van der Waals surface area (Å²) in [5.41, 5.74) is 0. The number of hydrogen-bond acceptors (Lipinski definition) is 1. The lowest BCUT2D eigenvalue weighted by Gasteiger charge is -2.16. The zero-order chi connectivity index (χ0) is 9.07. The van der Waals surface area contributed by atoms with E-state index in [1.54, 1.807) is 0 Å². The maximum atomic E-state index is 12.2. The molecule has 0 aromatic carbocycles. The molecule has 0 amide bonds. The Morgan fingerprint density at radius 1 is 1.45 bits per heavy atom. The van der Waals surface area contributed by atoms with Crippen LogP contribution in [0.15, 0.2) is 0 Å². The normalized spacial score (nSPS) is 15.5. The average molecular weight is 184 g/mol. The highest BCUT2D eigenvalue weighted by atomic mass is 32.2. The Morgan fingerprint density at radius 3 is 2.18 bits per heavy atom. The number of hydrogen-bond donors (Lipinski definition) is 0. The van der Waals surface area contributed by atoms with Crippen LogP contribution in [0.3, 0.4) is 0 Å². The van der Waals surface area contributed by atoms with Crippen molar-refractivity contribution in [2.75, 3.05) is 11.5 Å². The minimum absolute atomic E-state index is 0.221. The summed E-state index contributed by atoms with van der Waals surface area (Å²) < 4.78 is 35.4. The number of halogens is 2. The van der Waals surface area contributed by atoms with Crippen LogP contribution in [0.1, 0.15) is 20.8 Å². The van der Waals surface area contributed by atoms with Gasteiger partial charge in [0.25, 0.3) is 5.92 Å². The smallest absolute Gasteiger partial charge is 0.288 e. The first-order valence-electron chi connectivity index (χ1n) is 3.54. The van der Waals surface area contributed by atoms with Gasteiger partial charge in [0.05, 0.1) is 0 Å². The van der Waals surface area contributed by atoms with E-state index in [1.807, 2.05) is 13.8 Å². The van der Waals surface area contributed by atoms with Crippen molar-refractivity contribution in [1.29, 1.82) is 0 Å². The van der Waals surface area contributed by atoms with Crippen LogP contribution in [0.4, 0.5) is 8.78 Å². The molecule has 0 radical (unpaired) electrons. The van der Waals surface area contributed by atoms with E-state index in [4.69, 9.17) is 0 Å². The van der Waals surface area contributed by atoms with Gasteiger partial charge in [-0.1, -0.05) is 13.8 Å². The summed E-state index contributed by atoms with van der Waals surface area (Å²) in [6.45, 7) is 4.53. The maximum absolute atomic E-state index is 12.2. The summed E-state index contributed by atoms with van der Waals surface area (Å²) in [6, 6.07) is 0. The fourth-order valence-electron chi connectivity index (χ4n) is 0.713. The molecule has 0 bridgehead atoms. The predicted octanol–water partition coefficient (Wildman–Crippen LogP) is 2.05. The van der Waals surface area contributed by atoms with E-state index in [2.05, 4.69) is 0 Å². The molecule has 0 heterocycles. The zero-order valence-corrected chi connectivity index (χ0v) is 7.88. The van der Waals surface area contributed by atoms with Crippen LogP contribution in [-0.2, 0) is 11.2 Å². The number of alkyl halides is 2. The van der Waals surface area contributed by atoms with E-state index >= 15 is 0 Å². The fourth-order valence-corrected chi connectivity index (χ4v) is 2.14. The lowest BCUT2D eigenvalue weighted by atomic mass is 10.3. The molecule has 1 unspecified atom stereocenters. The first-order valence-corrected chi connectivity index (χ1v) is 5.03. The highest BCUT2D eigenvalue weighted by Crippen LogP contribution is 2.16. The quantitative estimate of drug-likeness (QED) is 0.613. The van der Waals surface area contributed by atoms with Gasteiger partial charge in [-0.05, 0) is 17.1 Å². The van der Waals surface area contributed by atoms with Crippen molar-refractivity contribution in [2.45, 2.75) is 26.7 Å². The largest absolute Gasteiger partial charge is 0.616 e. The van der Waals surface area contributed by atoms with Crippen LogP contribution in [0.2, 0.25) is 0 Å². The third-order valence-corrected chi connectivity index (χ3v) is 2.80. The highest BCUT2D eigenvalue weighted by Gasteiger charge is 2.28. The summed E-state index contributed by atoms with van der Waals surface area (Å²) in [4.78, 5) is 0. The molecule has 0 rings (SSSR count). The molecule has 11 heavy (non-hydrogen) atoms. The average Bonchev–Trinajstić information content (AvgIpc) is 1.53. The van der Waals surface area contributed by atoms with Gasteiger partial charge >= 0.3 is 0 Å². The SMILES string of the molecule is CC(C)C[S+]([O-])CC(C)(F)F. The van der Waals surface area contributed by atoms with Gasteiger partial charge in [0.2, 0.25) is 0 Å². The maximum Gasteiger partial charge on any atom is 0.288 e. The summed E-state index contributed by atoms with van der Waals surface area (Å²) in [7, 11) is 0. The van der Waals surface area contributed by atoms with Crippen LogP contribution in [0, 0.1) is 5.92 Å². The summed E-state index contributed by atoms with van der Waals surface area (Å²) in [5.74, 6) is -2.72. The summed E-state index contributed by atoms with van der Waals surface area (Å²) in [5, 5.41) is 0. The fraction of sp³-hybridized carbons (Fsp3) is 1.00. The minimum Gasteiger partial charge on any atom is -0.616 e. The molecular formula is C7H14F2OS. The van der Waals surface area contributed by atoms with Crippen molar-refractivity contribution in [3.8, 4) is 0 Å². The van der Waals surface area contributed by atoms with Crippen LogP contribution < -0.4 is 0 Å². The zero-order valence-electron chi connectivity index (χ0n) is 7.06. The van der Waals surface area contributed by atoms with Gasteiger partial charge in [0.15, 0.2) is 5.75 Å². The Hall–Kier alpha value is 0.170. The lowest BCUT2D eigenvalue weighted by Crippen LogP contribution is -2.27. The third kappa shape index (κ3) is 8.07. The van der Waals surface area contributed by atoms with Gasteiger partial charge < -0.3 is 4.55 Å². The van der Waals surface area contributed by atoms with Crippen LogP contribution in [0.5, 0.6) is 0 Å². The molecule has 0 saturated heterocycles. The summed E-state index contributed by atoms with van der Waals surface area (Å²) in [6.07, 6.45) is 0. The first kappa shape index (κ1) is 11.2. The first-order chi connectivity index (χ1) is 4.81. The molecule has 0 aromatic heterocycles. The van der Waals surface area contributed by atoms with Gasteiger partial charge in [0.1, 0.15) is 5.75 Å². The molecule has 0 N–H and O–H groups in total. The van der Waals surface area contributed by atoms with E-state index in [1.165, 1.54) is 0 Å². The van der Waals surface area contributed by atoms with Crippen molar-refractivity contribution < 1.29 is 13.3 Å². The molecule has 0 fully saturated rings. The Labute approximate surface area is 69.4 Å². The molecule has 0 spiro atoms. The molecular weight excluding hydrogens is 170 g/mol. The van der Waals surface area contributed by atoms with Crippen molar-refractivity contribution in [3.05, 3.63) is 0 Å². The molecule has 0 aromatic rings. The second-order valence-corrected chi connectivity index (χ2v) is 4.72. The van der Waals surface area contributed by atoms with Crippen LogP contribution in [0.25, 0.3) is 0 Å². The molecule has 0 saturated carbocycles. The van der Waals surface area contributed by atoms with Gasteiger partial charge in [-0.3, -0.25) is 0 Å². The minimum atomic E-state index is -2.79. The van der Waals surface area contributed by atoms with Crippen molar-refractivity contribution in [3.63, 3.8) is 0 Å². The molecule has 68 valence electrons. The Morgan fingerprint density at radius 2 is 1.91 bits per heavy atom. The molecule has 1 atom stereocenters. The van der Waals surface area contributed by atoms with Crippen molar-refractivity contribution >= 4 is 11.2 Å². The van der Waals surface area contributed by atoms with E-state index in [9.17, 15) is 13.3 Å². The molecule has 0 aliphatic rings. The Bertz CT molecular complexity index is 111. The predicted molar refractivity (Wildman–Crippen MR) is 43.3 cm³/mol. The van der Waals surface area contributed by atoms with Crippen LogP contribution >= 0.6 is 0 Å². The van der Waals surface area contributed by atoms with Crippen LogP contribution in [-0.4, -0.2) is 22.0 Å². The molecule has 1 nitrogen and oxygen atoms in total. The molecule has 4 heteroatoms. The summed E-state index contributed by atoms with van der Waals surface area (Å²) >= 11 is -1.37. The topological polar surface area (TPSA) is 23.1 Å². The third-order valence-electron chi connectivity index (χ3n) is 0.934. The van der Waals surface area contributed by atoms with Gasteiger partial charge in [-0.25, -0.2) is 8.78 Å². The van der Waals surface area contributed by atoms with Crippen molar-refractivity contribution in [1.82, 2.24) is 0 Å². The van der Waals surface area contributed by atoms with E-state index in [0.29, 0.717) is 5.75 Å². The molecule has 0 aliphatic heterocycles. The molecule has 0 aliphatic carbocycles. The second-order valence-electron chi connectivity index (χ2n) is 3.21. The van der Waals surface area contributed by atoms with Crippen molar-refractivity contribution in [2.24, 2.45) is 5.92 Å². The van der Waals surface area contributed by atoms with E-state index < -0.39 is 22.9 Å². The Balaban J connectivity index is 3.61. The standard InChI is InChI=1S/C7H14F2OS/c1-6(2)4-11(10)5-7(3,8)9/h6H,4-5H2,1-3H3. The van der Waals surface area contributed by atoms with Gasteiger partial charge in [-0.2, -0.15) is 0 Å². The van der Waals surface area contributed by atoms with E-state index in [-0.39, 0.29) is 5.92 Å². The van der Waals surface area contributed by atoms with Gasteiger partial charge in [-0.15, -0.1) is 0 Å². The lowest BCUT2D eigenvalue weighted by molar-refractivity contribution is 0.0473. The monoisotopic (exact) mass is 184 g/mol.